The van der Waals surface area contributed by atoms with Crippen molar-refractivity contribution in [2.24, 2.45) is 12.0 Å². The third-order valence-corrected chi connectivity index (χ3v) is 3.73. The molecule has 0 aliphatic rings. The van der Waals surface area contributed by atoms with Crippen LogP contribution in [0.4, 0.5) is 0 Å². The molecule has 0 aliphatic heterocycles. The van der Waals surface area contributed by atoms with Gasteiger partial charge in [-0.2, -0.15) is 5.10 Å². The lowest BCUT2D eigenvalue weighted by atomic mass is 10.1. The lowest BCUT2D eigenvalue weighted by Crippen LogP contribution is -2.37. The molecule has 144 valence electrons. The highest BCUT2D eigenvalue weighted by molar-refractivity contribution is 14.0. The third-order valence-electron chi connectivity index (χ3n) is 3.73. The largest absolute Gasteiger partial charge is 0.374 e. The van der Waals surface area contributed by atoms with Crippen molar-refractivity contribution in [3.63, 3.8) is 0 Å². The van der Waals surface area contributed by atoms with Crippen LogP contribution in [-0.4, -0.2) is 28.4 Å². The van der Waals surface area contributed by atoms with Crippen LogP contribution < -0.4 is 10.6 Å². The van der Waals surface area contributed by atoms with Gasteiger partial charge in [-0.05, 0) is 38.0 Å². The van der Waals surface area contributed by atoms with Crippen LogP contribution in [0.5, 0.6) is 0 Å². The Hall–Kier alpha value is -1.61. The maximum absolute atomic E-state index is 5.62. The molecule has 0 aliphatic carbocycles. The van der Waals surface area contributed by atoms with E-state index >= 15 is 0 Å². The standard InChI is InChI=1S/C19H29N5O.HI/c1-5-20-19(22-13-18-10-11-23-24(18)4)21-12-16-6-8-17(9-7-16)14-25-15(2)3;/h6-11,15H,5,12-14H2,1-4H3,(H2,20,21,22);1H. The fraction of sp³-hybridized carbons (Fsp3) is 0.474. The molecule has 1 heterocycles. The van der Waals surface area contributed by atoms with Crippen molar-refractivity contribution in [1.29, 1.82) is 0 Å². The molecule has 0 spiro atoms. The molecular weight excluding hydrogens is 441 g/mol. The maximum Gasteiger partial charge on any atom is 0.191 e. The Bertz CT molecular complexity index is 667. The second-order valence-electron chi connectivity index (χ2n) is 6.17. The van der Waals surface area contributed by atoms with Gasteiger partial charge in [0.1, 0.15) is 0 Å². The first-order valence-electron chi connectivity index (χ1n) is 8.77. The van der Waals surface area contributed by atoms with Crippen molar-refractivity contribution >= 4 is 29.9 Å². The van der Waals surface area contributed by atoms with E-state index < -0.39 is 0 Å². The molecular formula is C19H30IN5O. The lowest BCUT2D eigenvalue weighted by Gasteiger charge is -2.11. The summed E-state index contributed by atoms with van der Waals surface area (Å²) >= 11 is 0. The number of hydrogen-bond donors (Lipinski definition) is 2. The number of aliphatic imine (C=N–C) groups is 1. The van der Waals surface area contributed by atoms with Crippen molar-refractivity contribution in [3.8, 4) is 0 Å². The zero-order valence-electron chi connectivity index (χ0n) is 16.0. The van der Waals surface area contributed by atoms with E-state index in [9.17, 15) is 0 Å². The summed E-state index contributed by atoms with van der Waals surface area (Å²) in [5, 5.41) is 10.8. The minimum atomic E-state index is 0. The van der Waals surface area contributed by atoms with E-state index in [-0.39, 0.29) is 30.1 Å². The van der Waals surface area contributed by atoms with Crippen LogP contribution >= 0.6 is 24.0 Å². The second kappa shape index (κ2) is 11.9. The van der Waals surface area contributed by atoms with Crippen LogP contribution in [0.15, 0.2) is 41.5 Å². The van der Waals surface area contributed by atoms with E-state index in [0.717, 1.165) is 18.2 Å². The van der Waals surface area contributed by atoms with Gasteiger partial charge in [-0.3, -0.25) is 4.68 Å². The van der Waals surface area contributed by atoms with Crippen LogP contribution in [0.3, 0.4) is 0 Å². The fourth-order valence-electron chi connectivity index (χ4n) is 2.26. The van der Waals surface area contributed by atoms with Gasteiger partial charge in [0.05, 0.1) is 31.5 Å². The van der Waals surface area contributed by atoms with Gasteiger partial charge in [0.2, 0.25) is 0 Å². The SMILES string of the molecule is CCNC(=NCc1ccc(COC(C)C)cc1)NCc1ccnn1C.I. The van der Waals surface area contributed by atoms with Crippen LogP contribution in [0, 0.1) is 0 Å². The Morgan fingerprint density at radius 2 is 1.85 bits per heavy atom. The number of aryl methyl sites for hydroxylation is 1. The summed E-state index contributed by atoms with van der Waals surface area (Å²) < 4.78 is 7.48. The monoisotopic (exact) mass is 471 g/mol. The summed E-state index contributed by atoms with van der Waals surface area (Å²) in [5.41, 5.74) is 3.47. The van der Waals surface area contributed by atoms with E-state index in [4.69, 9.17) is 4.74 Å². The van der Waals surface area contributed by atoms with Crippen molar-refractivity contribution in [1.82, 2.24) is 20.4 Å². The van der Waals surface area contributed by atoms with Crippen molar-refractivity contribution < 1.29 is 4.74 Å². The van der Waals surface area contributed by atoms with Gasteiger partial charge in [-0.1, -0.05) is 24.3 Å². The van der Waals surface area contributed by atoms with Crippen molar-refractivity contribution in [3.05, 3.63) is 53.3 Å². The molecule has 0 radical (unpaired) electrons. The van der Waals surface area contributed by atoms with Crippen LogP contribution in [0.25, 0.3) is 0 Å². The molecule has 0 saturated heterocycles. The molecule has 1 aromatic carbocycles. The highest BCUT2D eigenvalue weighted by Gasteiger charge is 2.02. The predicted molar refractivity (Wildman–Crippen MR) is 117 cm³/mol. The lowest BCUT2D eigenvalue weighted by molar-refractivity contribution is 0.0657. The van der Waals surface area contributed by atoms with Gasteiger partial charge in [-0.25, -0.2) is 4.99 Å². The molecule has 7 heteroatoms. The Kier molecular flexibility index (Phi) is 10.3. The molecule has 2 aromatic rings. The van der Waals surface area contributed by atoms with Crippen molar-refractivity contribution in [2.45, 2.75) is 46.6 Å². The average Bonchev–Trinajstić information content (AvgIpc) is 3.01. The highest BCUT2D eigenvalue weighted by Crippen LogP contribution is 2.08. The first kappa shape index (κ1) is 22.4. The number of halogens is 1. The first-order valence-corrected chi connectivity index (χ1v) is 8.77. The predicted octanol–water partition coefficient (Wildman–Crippen LogP) is 3.22. The van der Waals surface area contributed by atoms with E-state index in [1.165, 1.54) is 11.1 Å². The summed E-state index contributed by atoms with van der Waals surface area (Å²) in [6.45, 7) is 8.94. The fourth-order valence-corrected chi connectivity index (χ4v) is 2.26. The zero-order chi connectivity index (χ0) is 18.1. The molecule has 0 bridgehead atoms. The quantitative estimate of drug-likeness (QED) is 0.353. The van der Waals surface area contributed by atoms with Gasteiger partial charge >= 0.3 is 0 Å². The smallest absolute Gasteiger partial charge is 0.191 e. The molecule has 0 fully saturated rings. The Labute approximate surface area is 173 Å². The summed E-state index contributed by atoms with van der Waals surface area (Å²) in [7, 11) is 1.94. The Balaban J connectivity index is 0.00000338. The number of nitrogens with one attached hydrogen (secondary N) is 2. The molecule has 26 heavy (non-hydrogen) atoms. The molecule has 2 rings (SSSR count). The van der Waals surface area contributed by atoms with Crippen LogP contribution in [0.1, 0.15) is 37.6 Å². The number of hydrogen-bond acceptors (Lipinski definition) is 3. The topological polar surface area (TPSA) is 63.5 Å². The molecule has 0 amide bonds. The number of rotatable bonds is 8. The summed E-state index contributed by atoms with van der Waals surface area (Å²) in [5.74, 6) is 0.802. The Morgan fingerprint density at radius 1 is 1.15 bits per heavy atom. The zero-order valence-corrected chi connectivity index (χ0v) is 18.4. The maximum atomic E-state index is 5.62. The van der Waals surface area contributed by atoms with Gasteiger partial charge < -0.3 is 15.4 Å². The number of benzene rings is 1. The third kappa shape index (κ3) is 7.74. The molecule has 6 nitrogen and oxygen atoms in total. The molecule has 1 aromatic heterocycles. The summed E-state index contributed by atoms with van der Waals surface area (Å²) in [6, 6.07) is 10.4. The number of guanidine groups is 1. The number of ether oxygens (including phenoxy) is 1. The van der Waals surface area contributed by atoms with Gasteiger partial charge in [-0.15, -0.1) is 24.0 Å². The molecule has 0 saturated carbocycles. The number of aromatic nitrogens is 2. The van der Waals surface area contributed by atoms with Crippen LogP contribution in [0.2, 0.25) is 0 Å². The van der Waals surface area contributed by atoms with Crippen LogP contribution in [-0.2, 0) is 31.5 Å². The highest BCUT2D eigenvalue weighted by atomic mass is 127. The summed E-state index contributed by atoms with van der Waals surface area (Å²) in [6.07, 6.45) is 2.04. The second-order valence-corrected chi connectivity index (χ2v) is 6.17. The summed E-state index contributed by atoms with van der Waals surface area (Å²) in [4.78, 5) is 4.65. The van der Waals surface area contributed by atoms with E-state index in [1.807, 2.05) is 31.6 Å². The minimum absolute atomic E-state index is 0. The molecule has 2 N–H and O–H groups in total. The molecule has 0 atom stereocenters. The normalized spacial score (nSPS) is 11.3. The number of nitrogens with zero attached hydrogens (tertiary/aromatic N) is 3. The van der Waals surface area contributed by atoms with E-state index in [0.29, 0.717) is 19.7 Å². The molecule has 0 unspecified atom stereocenters. The first-order chi connectivity index (χ1) is 12.1. The van der Waals surface area contributed by atoms with Crippen molar-refractivity contribution in [2.75, 3.05) is 6.54 Å². The van der Waals surface area contributed by atoms with E-state index in [2.05, 4.69) is 51.9 Å². The Morgan fingerprint density at radius 3 is 2.42 bits per heavy atom. The van der Waals surface area contributed by atoms with Gasteiger partial charge in [0.25, 0.3) is 0 Å². The van der Waals surface area contributed by atoms with E-state index in [1.54, 1.807) is 6.20 Å². The van der Waals surface area contributed by atoms with Gasteiger partial charge in [0.15, 0.2) is 5.96 Å². The van der Waals surface area contributed by atoms with Gasteiger partial charge in [0, 0.05) is 19.8 Å². The minimum Gasteiger partial charge on any atom is -0.374 e. The average molecular weight is 471 g/mol.